The van der Waals surface area contributed by atoms with Crippen molar-refractivity contribution in [2.75, 3.05) is 26.2 Å². The first-order valence-electron chi connectivity index (χ1n) is 9.58. The van der Waals surface area contributed by atoms with E-state index in [0.29, 0.717) is 23.1 Å². The molecule has 26 heavy (non-hydrogen) atoms. The third kappa shape index (κ3) is 6.30. The number of nitrogens with zero attached hydrogens (tertiary/aromatic N) is 3. The van der Waals surface area contributed by atoms with Crippen molar-refractivity contribution in [3.8, 4) is 6.07 Å². The predicted molar refractivity (Wildman–Crippen MR) is 103 cm³/mol. The van der Waals surface area contributed by atoms with Crippen LogP contribution in [0.2, 0.25) is 0 Å². The van der Waals surface area contributed by atoms with Gasteiger partial charge in [-0.25, -0.2) is 9.38 Å². The first-order valence-corrected chi connectivity index (χ1v) is 9.58. The molecule has 0 aromatic heterocycles. The van der Waals surface area contributed by atoms with Gasteiger partial charge in [-0.2, -0.15) is 5.26 Å². The van der Waals surface area contributed by atoms with Crippen LogP contribution < -0.4 is 10.6 Å². The minimum absolute atomic E-state index is 0.246. The second kappa shape index (κ2) is 10.8. The topological polar surface area (TPSA) is 63.5 Å². The van der Waals surface area contributed by atoms with Gasteiger partial charge in [-0.15, -0.1) is 0 Å². The fourth-order valence-corrected chi connectivity index (χ4v) is 3.23. The molecule has 2 rings (SSSR count). The number of rotatable bonds is 7. The number of nitriles is 1. The summed E-state index contributed by atoms with van der Waals surface area (Å²) in [5.74, 6) is 0.311. The number of likely N-dealkylation sites (tertiary alicyclic amines) is 1. The van der Waals surface area contributed by atoms with Crippen molar-refractivity contribution < 1.29 is 4.39 Å². The van der Waals surface area contributed by atoms with Crippen molar-refractivity contribution in [2.24, 2.45) is 4.99 Å². The Hall–Kier alpha value is -2.13. The van der Waals surface area contributed by atoms with E-state index in [-0.39, 0.29) is 12.4 Å². The zero-order chi connectivity index (χ0) is 18.8. The minimum Gasteiger partial charge on any atom is -0.357 e. The highest BCUT2D eigenvalue weighted by Crippen LogP contribution is 2.16. The normalized spacial score (nSPS) is 18.4. The molecule has 0 spiro atoms. The number of aliphatic imine (C=N–C) groups is 1. The van der Waals surface area contributed by atoms with Gasteiger partial charge in [-0.05, 0) is 51.8 Å². The summed E-state index contributed by atoms with van der Waals surface area (Å²) < 4.78 is 14.0. The largest absolute Gasteiger partial charge is 0.357 e. The summed E-state index contributed by atoms with van der Waals surface area (Å²) in [5.41, 5.74) is 0.815. The van der Waals surface area contributed by atoms with E-state index in [0.717, 1.165) is 26.1 Å². The molecule has 1 atom stereocenters. The van der Waals surface area contributed by atoms with Crippen molar-refractivity contribution in [3.63, 3.8) is 0 Å². The maximum Gasteiger partial charge on any atom is 0.191 e. The predicted octanol–water partition coefficient (Wildman–Crippen LogP) is 3.02. The van der Waals surface area contributed by atoms with Gasteiger partial charge in [0.1, 0.15) is 5.82 Å². The van der Waals surface area contributed by atoms with Crippen molar-refractivity contribution in [1.82, 2.24) is 15.5 Å². The van der Waals surface area contributed by atoms with Crippen LogP contribution in [0.5, 0.6) is 0 Å². The molecule has 0 aliphatic carbocycles. The van der Waals surface area contributed by atoms with Gasteiger partial charge in [0.05, 0.1) is 18.2 Å². The molecule has 0 amide bonds. The number of nitrogens with one attached hydrogen (secondary N) is 2. The maximum absolute atomic E-state index is 14.0. The maximum atomic E-state index is 14.0. The number of piperidine rings is 1. The number of guanidine groups is 1. The second-order valence-electron chi connectivity index (χ2n) is 6.77. The monoisotopic (exact) mass is 359 g/mol. The molecule has 1 aliphatic rings. The van der Waals surface area contributed by atoms with Crippen molar-refractivity contribution >= 4 is 5.96 Å². The van der Waals surface area contributed by atoms with Gasteiger partial charge in [0.15, 0.2) is 5.96 Å². The molecule has 0 saturated carbocycles. The van der Waals surface area contributed by atoms with E-state index in [1.165, 1.54) is 31.9 Å². The summed E-state index contributed by atoms with van der Waals surface area (Å²) in [4.78, 5) is 7.01. The van der Waals surface area contributed by atoms with Crippen molar-refractivity contribution in [2.45, 2.75) is 52.1 Å². The van der Waals surface area contributed by atoms with Gasteiger partial charge < -0.3 is 15.5 Å². The lowest BCUT2D eigenvalue weighted by atomic mass is 10.0. The molecule has 0 bridgehead atoms. The van der Waals surface area contributed by atoms with E-state index in [4.69, 9.17) is 5.26 Å². The molecule has 2 N–H and O–H groups in total. The SMILES string of the molecule is CCNC(=NCc1ccc(C#N)cc1F)NCCCN1CCCCC1C. The summed E-state index contributed by atoms with van der Waals surface area (Å²) in [6.07, 6.45) is 5.00. The summed E-state index contributed by atoms with van der Waals surface area (Å²) in [7, 11) is 0. The Labute approximate surface area is 156 Å². The van der Waals surface area contributed by atoms with Crippen LogP contribution in [0.25, 0.3) is 0 Å². The molecule has 1 heterocycles. The fraction of sp³-hybridized carbons (Fsp3) is 0.600. The zero-order valence-electron chi connectivity index (χ0n) is 15.9. The van der Waals surface area contributed by atoms with Crippen LogP contribution in [0.1, 0.15) is 50.7 Å². The van der Waals surface area contributed by atoms with Crippen LogP contribution in [0.3, 0.4) is 0 Å². The first-order chi connectivity index (χ1) is 12.6. The van der Waals surface area contributed by atoms with Crippen LogP contribution in [0.4, 0.5) is 4.39 Å². The molecular formula is C20H30FN5. The second-order valence-corrected chi connectivity index (χ2v) is 6.77. The third-order valence-corrected chi connectivity index (χ3v) is 4.79. The van der Waals surface area contributed by atoms with Crippen LogP contribution in [-0.4, -0.2) is 43.1 Å². The van der Waals surface area contributed by atoms with Crippen LogP contribution in [0.15, 0.2) is 23.2 Å². The zero-order valence-corrected chi connectivity index (χ0v) is 15.9. The third-order valence-electron chi connectivity index (χ3n) is 4.79. The van der Waals surface area contributed by atoms with Gasteiger partial charge in [0, 0.05) is 31.2 Å². The Kier molecular flexibility index (Phi) is 8.36. The molecule has 1 aliphatic heterocycles. The summed E-state index contributed by atoms with van der Waals surface area (Å²) in [6, 6.07) is 7.12. The highest BCUT2D eigenvalue weighted by atomic mass is 19.1. The van der Waals surface area contributed by atoms with Crippen LogP contribution >= 0.6 is 0 Å². The quantitative estimate of drug-likeness (QED) is 0.446. The summed E-state index contributed by atoms with van der Waals surface area (Å²) >= 11 is 0. The molecule has 5 nitrogen and oxygen atoms in total. The number of benzene rings is 1. The highest BCUT2D eigenvalue weighted by molar-refractivity contribution is 5.79. The Morgan fingerprint density at radius 3 is 2.92 bits per heavy atom. The van der Waals surface area contributed by atoms with Crippen molar-refractivity contribution in [3.05, 3.63) is 35.1 Å². The molecule has 1 unspecified atom stereocenters. The molecule has 6 heteroatoms. The lowest BCUT2D eigenvalue weighted by Crippen LogP contribution is -2.41. The van der Waals surface area contributed by atoms with Gasteiger partial charge >= 0.3 is 0 Å². The van der Waals surface area contributed by atoms with E-state index >= 15 is 0 Å². The van der Waals surface area contributed by atoms with E-state index in [1.807, 2.05) is 13.0 Å². The van der Waals surface area contributed by atoms with Crippen LogP contribution in [0, 0.1) is 17.1 Å². The lowest BCUT2D eigenvalue weighted by molar-refractivity contribution is 0.159. The molecule has 1 aromatic carbocycles. The lowest BCUT2D eigenvalue weighted by Gasteiger charge is -2.33. The molecular weight excluding hydrogens is 329 g/mol. The van der Waals surface area contributed by atoms with E-state index in [1.54, 1.807) is 12.1 Å². The standard InChI is InChI=1S/C20H30FN5/c1-3-23-20(24-10-6-12-26-11-5-4-7-16(26)2)25-15-18-9-8-17(14-22)13-19(18)21/h8-9,13,16H,3-7,10-12,15H2,1-2H3,(H2,23,24,25). The molecule has 142 valence electrons. The number of halogens is 1. The van der Waals surface area contributed by atoms with Gasteiger partial charge in [-0.3, -0.25) is 0 Å². The Balaban J connectivity index is 1.81. The van der Waals surface area contributed by atoms with Gasteiger partial charge in [0.2, 0.25) is 0 Å². The van der Waals surface area contributed by atoms with E-state index in [2.05, 4.69) is 27.4 Å². The summed E-state index contributed by atoms with van der Waals surface area (Å²) in [5, 5.41) is 15.3. The first kappa shape index (κ1) is 20.2. The summed E-state index contributed by atoms with van der Waals surface area (Å²) in [6.45, 7) is 8.45. The smallest absolute Gasteiger partial charge is 0.191 e. The Morgan fingerprint density at radius 2 is 2.23 bits per heavy atom. The van der Waals surface area contributed by atoms with Crippen LogP contribution in [-0.2, 0) is 6.54 Å². The number of hydrogen-bond acceptors (Lipinski definition) is 3. The average Bonchev–Trinajstić information content (AvgIpc) is 2.65. The number of hydrogen-bond donors (Lipinski definition) is 2. The molecule has 1 saturated heterocycles. The molecule has 0 radical (unpaired) electrons. The Morgan fingerprint density at radius 1 is 1.38 bits per heavy atom. The molecule has 1 fully saturated rings. The minimum atomic E-state index is -0.386. The van der Waals surface area contributed by atoms with Gasteiger partial charge in [-0.1, -0.05) is 12.5 Å². The average molecular weight is 359 g/mol. The van der Waals surface area contributed by atoms with E-state index in [9.17, 15) is 4.39 Å². The molecule has 1 aromatic rings. The fourth-order valence-electron chi connectivity index (χ4n) is 3.23. The van der Waals surface area contributed by atoms with Crippen molar-refractivity contribution in [1.29, 1.82) is 5.26 Å². The van der Waals surface area contributed by atoms with E-state index < -0.39 is 0 Å². The van der Waals surface area contributed by atoms with Gasteiger partial charge in [0.25, 0.3) is 0 Å². The highest BCUT2D eigenvalue weighted by Gasteiger charge is 2.17. The Bertz CT molecular complexity index is 638.